The van der Waals surface area contributed by atoms with Crippen LogP contribution in [0.1, 0.15) is 29.6 Å². The lowest BCUT2D eigenvalue weighted by Gasteiger charge is -2.17. The van der Waals surface area contributed by atoms with Gasteiger partial charge in [0.25, 0.3) is 0 Å². The van der Waals surface area contributed by atoms with E-state index in [1.807, 2.05) is 6.08 Å². The molecule has 2 amide bonds. The Labute approximate surface area is 116 Å². The molecule has 4 nitrogen and oxygen atoms in total. The zero-order chi connectivity index (χ0) is 13.8. The number of anilines is 1. The van der Waals surface area contributed by atoms with Gasteiger partial charge in [-0.1, -0.05) is 23.8 Å². The molecule has 3 N–H and O–H groups in total. The van der Waals surface area contributed by atoms with Crippen molar-refractivity contribution in [1.82, 2.24) is 0 Å². The number of nitrogens with one attached hydrogen (secondary N) is 1. The van der Waals surface area contributed by atoms with Crippen molar-refractivity contribution in [2.45, 2.75) is 19.3 Å². The minimum atomic E-state index is -0.583. The molecule has 0 saturated carbocycles. The van der Waals surface area contributed by atoms with E-state index in [9.17, 15) is 9.59 Å². The second-order valence-electron chi connectivity index (χ2n) is 4.53. The van der Waals surface area contributed by atoms with Crippen molar-refractivity contribution in [3.05, 3.63) is 40.9 Å². The van der Waals surface area contributed by atoms with Crippen molar-refractivity contribution in [2.75, 3.05) is 5.32 Å². The maximum atomic E-state index is 12.0. The molecule has 0 unspecified atom stereocenters. The van der Waals surface area contributed by atoms with Crippen LogP contribution in [0.4, 0.5) is 5.69 Å². The van der Waals surface area contributed by atoms with Crippen LogP contribution in [0.5, 0.6) is 0 Å². The molecule has 0 spiro atoms. The fraction of sp³-hybridized carbons (Fsp3) is 0.286. The smallest absolute Gasteiger partial charge is 0.250 e. The summed E-state index contributed by atoms with van der Waals surface area (Å²) in [4.78, 5) is 23.1. The van der Waals surface area contributed by atoms with E-state index < -0.39 is 5.91 Å². The summed E-state index contributed by atoms with van der Waals surface area (Å²) in [7, 11) is 0. The lowest BCUT2D eigenvalue weighted by atomic mass is 9.93. The van der Waals surface area contributed by atoms with Crippen LogP contribution < -0.4 is 11.1 Å². The van der Waals surface area contributed by atoms with Crippen molar-refractivity contribution in [3.8, 4) is 0 Å². The van der Waals surface area contributed by atoms with Crippen LogP contribution in [0.25, 0.3) is 0 Å². The molecule has 1 aromatic rings. The number of primary amides is 1. The number of hydrogen-bond acceptors (Lipinski definition) is 2. The van der Waals surface area contributed by atoms with E-state index in [0.29, 0.717) is 5.69 Å². The van der Waals surface area contributed by atoms with Crippen molar-refractivity contribution < 1.29 is 9.59 Å². The molecule has 1 aliphatic carbocycles. The van der Waals surface area contributed by atoms with Gasteiger partial charge in [-0.3, -0.25) is 9.59 Å². The Morgan fingerprint density at radius 2 is 2.11 bits per heavy atom. The van der Waals surface area contributed by atoms with Crippen molar-refractivity contribution in [3.63, 3.8) is 0 Å². The Morgan fingerprint density at radius 3 is 2.68 bits per heavy atom. The first-order chi connectivity index (χ1) is 9.08. The van der Waals surface area contributed by atoms with E-state index >= 15 is 0 Å². The molecule has 0 bridgehead atoms. The summed E-state index contributed by atoms with van der Waals surface area (Å²) < 4.78 is 0. The number of amides is 2. The van der Waals surface area contributed by atoms with Crippen molar-refractivity contribution in [2.24, 2.45) is 11.7 Å². The molecule has 1 aliphatic rings. The number of carbonyl (C=O) groups is 2. The van der Waals surface area contributed by atoms with Crippen LogP contribution in [0, 0.1) is 5.92 Å². The Hall–Kier alpha value is -1.81. The highest BCUT2D eigenvalue weighted by molar-refractivity contribution is 6.34. The molecular weight excluding hydrogens is 264 g/mol. The molecule has 19 heavy (non-hydrogen) atoms. The van der Waals surface area contributed by atoms with E-state index in [1.165, 1.54) is 12.1 Å². The Morgan fingerprint density at radius 1 is 1.32 bits per heavy atom. The number of nitrogens with two attached hydrogens (primary N) is 1. The SMILES string of the molecule is NC(=O)c1ccc(NC(=O)[C@@H]2CC=CCC2)cc1Cl. The van der Waals surface area contributed by atoms with Crippen LogP contribution >= 0.6 is 11.6 Å². The minimum absolute atomic E-state index is 0.000377. The minimum Gasteiger partial charge on any atom is -0.366 e. The average Bonchev–Trinajstić information content (AvgIpc) is 2.39. The van der Waals surface area contributed by atoms with Crippen molar-refractivity contribution in [1.29, 1.82) is 0 Å². The first-order valence-corrected chi connectivity index (χ1v) is 6.51. The molecule has 1 aromatic carbocycles. The maximum Gasteiger partial charge on any atom is 0.250 e. The normalized spacial score (nSPS) is 18.1. The third-order valence-electron chi connectivity index (χ3n) is 3.14. The van der Waals surface area contributed by atoms with Crippen molar-refractivity contribution >= 4 is 29.1 Å². The van der Waals surface area contributed by atoms with Crippen LogP contribution in [-0.2, 0) is 4.79 Å². The summed E-state index contributed by atoms with van der Waals surface area (Å²) >= 11 is 5.93. The largest absolute Gasteiger partial charge is 0.366 e. The van der Waals surface area contributed by atoms with Gasteiger partial charge in [0.15, 0.2) is 0 Å². The predicted molar refractivity (Wildman–Crippen MR) is 75.1 cm³/mol. The van der Waals surface area contributed by atoms with Gasteiger partial charge >= 0.3 is 0 Å². The van der Waals surface area contributed by atoms with E-state index in [2.05, 4.69) is 11.4 Å². The Bertz CT molecular complexity index is 540. The van der Waals surface area contributed by atoms with Crippen LogP contribution in [0.15, 0.2) is 30.4 Å². The highest BCUT2D eigenvalue weighted by Gasteiger charge is 2.19. The number of hydrogen-bond donors (Lipinski definition) is 2. The fourth-order valence-electron chi connectivity index (χ4n) is 2.07. The molecule has 100 valence electrons. The van der Waals surface area contributed by atoms with Gasteiger partial charge in [0.2, 0.25) is 11.8 Å². The summed E-state index contributed by atoms with van der Waals surface area (Å²) in [6, 6.07) is 4.68. The van der Waals surface area contributed by atoms with Gasteiger partial charge in [0.05, 0.1) is 10.6 Å². The number of rotatable bonds is 3. The Kier molecular flexibility index (Phi) is 4.22. The van der Waals surface area contributed by atoms with Gasteiger partial charge < -0.3 is 11.1 Å². The standard InChI is InChI=1S/C14H15ClN2O2/c15-12-8-10(6-7-11(12)13(16)18)17-14(19)9-4-2-1-3-5-9/h1-2,6-9H,3-5H2,(H2,16,18)(H,17,19)/t9-/m1/s1. The van der Waals surface area contributed by atoms with Crippen LogP contribution in [-0.4, -0.2) is 11.8 Å². The maximum absolute atomic E-state index is 12.0. The molecule has 0 saturated heterocycles. The first-order valence-electron chi connectivity index (χ1n) is 6.13. The number of carbonyl (C=O) groups excluding carboxylic acids is 2. The van der Waals surface area contributed by atoms with Gasteiger partial charge in [-0.25, -0.2) is 0 Å². The third-order valence-corrected chi connectivity index (χ3v) is 3.45. The topological polar surface area (TPSA) is 72.2 Å². The number of allylic oxidation sites excluding steroid dienone is 2. The molecule has 2 rings (SSSR count). The third kappa shape index (κ3) is 3.35. The summed E-state index contributed by atoms with van der Waals surface area (Å²) in [5.74, 6) is -0.605. The second-order valence-corrected chi connectivity index (χ2v) is 4.94. The second kappa shape index (κ2) is 5.89. The van der Waals surface area contributed by atoms with E-state index in [-0.39, 0.29) is 22.4 Å². The van der Waals surface area contributed by atoms with E-state index in [4.69, 9.17) is 17.3 Å². The molecule has 0 fully saturated rings. The number of benzene rings is 1. The molecule has 0 aromatic heterocycles. The zero-order valence-corrected chi connectivity index (χ0v) is 11.1. The number of halogens is 1. The fourth-order valence-corrected chi connectivity index (χ4v) is 2.34. The van der Waals surface area contributed by atoms with Gasteiger partial charge in [-0.2, -0.15) is 0 Å². The average molecular weight is 279 g/mol. The highest BCUT2D eigenvalue weighted by atomic mass is 35.5. The lowest BCUT2D eigenvalue weighted by Crippen LogP contribution is -2.23. The quantitative estimate of drug-likeness (QED) is 0.835. The van der Waals surface area contributed by atoms with Crippen LogP contribution in [0.3, 0.4) is 0 Å². The molecule has 0 heterocycles. The zero-order valence-electron chi connectivity index (χ0n) is 10.4. The summed E-state index contributed by atoms with van der Waals surface area (Å²) in [6.07, 6.45) is 6.66. The summed E-state index contributed by atoms with van der Waals surface area (Å²) in [6.45, 7) is 0. The molecule has 1 atom stereocenters. The molecule has 0 radical (unpaired) electrons. The first kappa shape index (κ1) is 13.6. The molecule has 0 aliphatic heterocycles. The molecular formula is C14H15ClN2O2. The highest BCUT2D eigenvalue weighted by Crippen LogP contribution is 2.23. The van der Waals surface area contributed by atoms with Gasteiger partial charge in [0.1, 0.15) is 0 Å². The van der Waals surface area contributed by atoms with Gasteiger partial charge in [0, 0.05) is 11.6 Å². The summed E-state index contributed by atoms with van der Waals surface area (Å²) in [5, 5.41) is 3.05. The Balaban J connectivity index is 2.07. The summed E-state index contributed by atoms with van der Waals surface area (Å²) in [5.41, 5.74) is 5.99. The monoisotopic (exact) mass is 278 g/mol. The molecule has 5 heteroatoms. The van der Waals surface area contributed by atoms with Gasteiger partial charge in [-0.15, -0.1) is 0 Å². The van der Waals surface area contributed by atoms with Gasteiger partial charge in [-0.05, 0) is 37.5 Å². The van der Waals surface area contributed by atoms with E-state index in [1.54, 1.807) is 6.07 Å². The van der Waals surface area contributed by atoms with E-state index in [0.717, 1.165) is 19.3 Å². The predicted octanol–water partition coefficient (Wildman–Crippen LogP) is 2.73. The lowest BCUT2D eigenvalue weighted by molar-refractivity contribution is -0.120. The van der Waals surface area contributed by atoms with Crippen LogP contribution in [0.2, 0.25) is 5.02 Å².